The lowest BCUT2D eigenvalue weighted by molar-refractivity contribution is 0.122. The molecule has 0 bridgehead atoms. The fraction of sp³-hybridized carbons (Fsp3) is 0.474. The molecule has 0 radical (unpaired) electrons. The minimum absolute atomic E-state index is 0.359. The van der Waals surface area contributed by atoms with E-state index in [9.17, 15) is 0 Å². The third-order valence-electron chi connectivity index (χ3n) is 4.93. The van der Waals surface area contributed by atoms with Crippen molar-refractivity contribution in [1.82, 2.24) is 14.9 Å². The van der Waals surface area contributed by atoms with Crippen LogP contribution in [-0.2, 0) is 11.3 Å². The summed E-state index contributed by atoms with van der Waals surface area (Å²) in [4.78, 5) is 13.8. The van der Waals surface area contributed by atoms with Crippen LogP contribution in [0.3, 0.4) is 0 Å². The summed E-state index contributed by atoms with van der Waals surface area (Å²) in [7, 11) is 0. The number of benzene rings is 1. The molecule has 0 spiro atoms. The normalized spacial score (nSPS) is 21.1. The highest BCUT2D eigenvalue weighted by atomic mass is 35.5. The van der Waals surface area contributed by atoms with E-state index in [4.69, 9.17) is 21.3 Å². The van der Waals surface area contributed by atoms with Gasteiger partial charge in [-0.3, -0.25) is 4.90 Å². The van der Waals surface area contributed by atoms with Gasteiger partial charge < -0.3 is 15.0 Å². The molecular weight excluding hydrogens is 350 g/mol. The number of nitrogens with one attached hydrogen (secondary N) is 1. The van der Waals surface area contributed by atoms with Crippen molar-refractivity contribution in [3.63, 3.8) is 0 Å². The molecule has 1 unspecified atom stereocenters. The number of ether oxygens (including phenoxy) is 1. The zero-order chi connectivity index (χ0) is 17.8. The number of hydrogen-bond acceptors (Lipinski definition) is 6. The summed E-state index contributed by atoms with van der Waals surface area (Å²) >= 11 is 6.28. The molecule has 6 nitrogen and oxygen atoms in total. The van der Waals surface area contributed by atoms with Crippen molar-refractivity contribution in [2.45, 2.75) is 19.0 Å². The quantitative estimate of drug-likeness (QED) is 0.869. The van der Waals surface area contributed by atoms with Gasteiger partial charge in [-0.25, -0.2) is 4.98 Å². The minimum Gasteiger partial charge on any atom is -0.378 e. The van der Waals surface area contributed by atoms with E-state index in [1.165, 1.54) is 5.56 Å². The Labute approximate surface area is 159 Å². The van der Waals surface area contributed by atoms with Crippen molar-refractivity contribution >= 4 is 23.4 Å². The molecule has 0 amide bonds. The van der Waals surface area contributed by atoms with Gasteiger partial charge in [0.1, 0.15) is 5.82 Å². The molecule has 4 rings (SSSR count). The zero-order valence-electron chi connectivity index (χ0n) is 14.8. The lowest BCUT2D eigenvalue weighted by atomic mass is 10.2. The maximum Gasteiger partial charge on any atom is 0.224 e. The third kappa shape index (κ3) is 4.26. The molecule has 1 aromatic heterocycles. The number of rotatable bonds is 5. The van der Waals surface area contributed by atoms with Crippen LogP contribution in [0.4, 0.5) is 11.8 Å². The second-order valence-corrected chi connectivity index (χ2v) is 7.20. The Bertz CT molecular complexity index is 737. The average Bonchev–Trinajstić information content (AvgIpc) is 3.11. The van der Waals surface area contributed by atoms with Crippen molar-refractivity contribution in [3.8, 4) is 0 Å². The lowest BCUT2D eigenvalue weighted by Gasteiger charge is -2.28. The highest BCUT2D eigenvalue weighted by molar-refractivity contribution is 6.31. The third-order valence-corrected chi connectivity index (χ3v) is 5.30. The fourth-order valence-electron chi connectivity index (χ4n) is 3.53. The van der Waals surface area contributed by atoms with E-state index < -0.39 is 0 Å². The number of halogens is 1. The first-order chi connectivity index (χ1) is 12.8. The Kier molecular flexibility index (Phi) is 5.53. The summed E-state index contributed by atoms with van der Waals surface area (Å²) in [5.41, 5.74) is 1.18. The van der Waals surface area contributed by atoms with Gasteiger partial charge in [0.05, 0.1) is 13.2 Å². The standard InChI is InChI=1S/C19H24ClN5O/c20-17-4-2-1-3-15(17)13-24-8-6-16(14-24)22-19-21-7-5-18(23-19)25-9-11-26-12-10-25/h1-5,7,16H,6,8-14H2,(H,21,22,23). The molecule has 2 aliphatic heterocycles. The molecule has 138 valence electrons. The Hall–Kier alpha value is -1.89. The van der Waals surface area contributed by atoms with Crippen LogP contribution in [0.2, 0.25) is 5.02 Å². The second-order valence-electron chi connectivity index (χ2n) is 6.79. The van der Waals surface area contributed by atoms with E-state index in [0.29, 0.717) is 12.0 Å². The van der Waals surface area contributed by atoms with Gasteiger partial charge in [-0.15, -0.1) is 0 Å². The van der Waals surface area contributed by atoms with Crippen LogP contribution in [0.25, 0.3) is 0 Å². The molecule has 2 aromatic rings. The van der Waals surface area contributed by atoms with Crippen LogP contribution in [-0.4, -0.2) is 60.3 Å². The second kappa shape index (κ2) is 8.20. The number of anilines is 2. The van der Waals surface area contributed by atoms with Gasteiger partial charge in [0, 0.05) is 50.0 Å². The molecule has 1 N–H and O–H groups in total. The molecule has 3 heterocycles. The summed E-state index contributed by atoms with van der Waals surface area (Å²) in [5.74, 6) is 1.68. The highest BCUT2D eigenvalue weighted by Gasteiger charge is 2.24. The van der Waals surface area contributed by atoms with Gasteiger partial charge in [0.15, 0.2) is 0 Å². The Morgan fingerprint density at radius 1 is 1.15 bits per heavy atom. The van der Waals surface area contributed by atoms with Crippen molar-refractivity contribution in [2.24, 2.45) is 0 Å². The Balaban J connectivity index is 1.34. The first-order valence-electron chi connectivity index (χ1n) is 9.16. The smallest absolute Gasteiger partial charge is 0.224 e. The zero-order valence-corrected chi connectivity index (χ0v) is 15.5. The van der Waals surface area contributed by atoms with E-state index in [-0.39, 0.29) is 0 Å². The van der Waals surface area contributed by atoms with E-state index >= 15 is 0 Å². The van der Waals surface area contributed by atoms with E-state index in [1.807, 2.05) is 30.5 Å². The Morgan fingerprint density at radius 2 is 2.00 bits per heavy atom. The molecular formula is C19H24ClN5O. The number of morpholine rings is 1. The predicted octanol–water partition coefficient (Wildman–Crippen LogP) is 2.65. The average molecular weight is 374 g/mol. The minimum atomic E-state index is 0.359. The van der Waals surface area contributed by atoms with Crippen LogP contribution in [0, 0.1) is 0 Å². The van der Waals surface area contributed by atoms with E-state index in [0.717, 1.165) is 63.2 Å². The van der Waals surface area contributed by atoms with Crippen molar-refractivity contribution in [2.75, 3.05) is 49.6 Å². The van der Waals surface area contributed by atoms with E-state index in [2.05, 4.69) is 26.2 Å². The summed E-state index contributed by atoms with van der Waals surface area (Å²) in [6.07, 6.45) is 2.91. The molecule has 1 atom stereocenters. The SMILES string of the molecule is Clc1ccccc1CN1CCC(Nc2nccc(N3CCOCC3)n2)C1. The van der Waals surface area contributed by atoms with Crippen molar-refractivity contribution in [1.29, 1.82) is 0 Å². The molecule has 2 aliphatic rings. The maximum atomic E-state index is 6.28. The van der Waals surface area contributed by atoms with Gasteiger partial charge >= 0.3 is 0 Å². The monoisotopic (exact) mass is 373 g/mol. The van der Waals surface area contributed by atoms with Gasteiger partial charge in [0.25, 0.3) is 0 Å². The molecule has 1 aromatic carbocycles. The van der Waals surface area contributed by atoms with Crippen molar-refractivity contribution in [3.05, 3.63) is 47.1 Å². The van der Waals surface area contributed by atoms with Gasteiger partial charge in [-0.05, 0) is 24.1 Å². The summed E-state index contributed by atoms with van der Waals surface area (Å²) in [6.45, 7) is 6.17. The number of aromatic nitrogens is 2. The van der Waals surface area contributed by atoms with Crippen LogP contribution < -0.4 is 10.2 Å². The van der Waals surface area contributed by atoms with Crippen LogP contribution in [0.15, 0.2) is 36.5 Å². The van der Waals surface area contributed by atoms with Crippen LogP contribution in [0.5, 0.6) is 0 Å². The lowest BCUT2D eigenvalue weighted by Crippen LogP contribution is -2.37. The van der Waals surface area contributed by atoms with Crippen molar-refractivity contribution < 1.29 is 4.74 Å². The van der Waals surface area contributed by atoms with Gasteiger partial charge in [-0.2, -0.15) is 4.98 Å². The van der Waals surface area contributed by atoms with Crippen LogP contribution in [0.1, 0.15) is 12.0 Å². The highest BCUT2D eigenvalue weighted by Crippen LogP contribution is 2.21. The number of nitrogens with zero attached hydrogens (tertiary/aromatic N) is 4. The van der Waals surface area contributed by atoms with E-state index in [1.54, 1.807) is 0 Å². The summed E-state index contributed by atoms with van der Waals surface area (Å²) < 4.78 is 5.41. The first kappa shape index (κ1) is 17.5. The largest absolute Gasteiger partial charge is 0.378 e. The molecule has 2 saturated heterocycles. The molecule has 7 heteroatoms. The fourth-order valence-corrected chi connectivity index (χ4v) is 3.73. The number of likely N-dealkylation sites (tertiary alicyclic amines) is 1. The topological polar surface area (TPSA) is 53.5 Å². The first-order valence-corrected chi connectivity index (χ1v) is 9.54. The molecule has 26 heavy (non-hydrogen) atoms. The van der Waals surface area contributed by atoms with Crippen LogP contribution >= 0.6 is 11.6 Å². The van der Waals surface area contributed by atoms with Gasteiger partial charge in [-0.1, -0.05) is 29.8 Å². The maximum absolute atomic E-state index is 6.28. The molecule has 0 saturated carbocycles. The number of hydrogen-bond donors (Lipinski definition) is 1. The molecule has 0 aliphatic carbocycles. The summed E-state index contributed by atoms with van der Waals surface area (Å²) in [5, 5.41) is 4.33. The van der Waals surface area contributed by atoms with Gasteiger partial charge in [0.2, 0.25) is 5.95 Å². The summed E-state index contributed by atoms with van der Waals surface area (Å²) in [6, 6.07) is 10.4. The predicted molar refractivity (Wildman–Crippen MR) is 104 cm³/mol. The molecule has 2 fully saturated rings. The Morgan fingerprint density at radius 3 is 2.85 bits per heavy atom.